The van der Waals surface area contributed by atoms with Crippen LogP contribution in [0.5, 0.6) is 0 Å². The molecule has 0 radical (unpaired) electrons. The van der Waals surface area contributed by atoms with Crippen molar-refractivity contribution in [3.63, 3.8) is 0 Å². The highest BCUT2D eigenvalue weighted by Gasteiger charge is 2.42. The summed E-state index contributed by atoms with van der Waals surface area (Å²) >= 11 is 0. The summed E-state index contributed by atoms with van der Waals surface area (Å²) < 4.78 is 72.9. The molecule has 1 heterocycles. The molecule has 0 saturated heterocycles. The van der Waals surface area contributed by atoms with Gasteiger partial charge in [-0.15, -0.1) is 0 Å². The predicted octanol–water partition coefficient (Wildman–Crippen LogP) is 2.85. The topological polar surface area (TPSA) is 14.1 Å². The van der Waals surface area contributed by atoms with Gasteiger partial charge in [0, 0.05) is 19.1 Å². The van der Waals surface area contributed by atoms with Crippen LogP contribution in [0.3, 0.4) is 0 Å². The van der Waals surface area contributed by atoms with Crippen molar-refractivity contribution in [3.8, 4) is 0 Å². The van der Waals surface area contributed by atoms with Crippen LogP contribution >= 0.6 is 0 Å². The van der Waals surface area contributed by atoms with Crippen molar-refractivity contribution >= 4 is 0 Å². The Bertz CT molecular complexity index is 332. The van der Waals surface area contributed by atoms with E-state index in [1.807, 2.05) is 4.98 Å². The van der Waals surface area contributed by atoms with Gasteiger partial charge < -0.3 is 0 Å². The predicted molar refractivity (Wildman–Crippen MR) is 37.7 cm³/mol. The summed E-state index contributed by atoms with van der Waals surface area (Å²) in [6, 6.07) is 0.669. The molecule has 1 N–H and O–H groups in total. The van der Waals surface area contributed by atoms with E-state index in [1.165, 1.54) is 0 Å². The molecule has 1 aromatic rings. The molecule has 0 atom stereocenters. The number of rotatable bonds is 0. The fourth-order valence-corrected chi connectivity index (χ4v) is 1.03. The van der Waals surface area contributed by atoms with Gasteiger partial charge in [0.05, 0.1) is 5.56 Å². The van der Waals surface area contributed by atoms with E-state index in [9.17, 15) is 26.3 Å². The van der Waals surface area contributed by atoms with Crippen molar-refractivity contribution in [2.45, 2.75) is 19.3 Å². The van der Waals surface area contributed by atoms with Gasteiger partial charge in [-0.05, 0) is 0 Å². The Morgan fingerprint density at radius 3 is 1.87 bits per heavy atom. The smallest absolute Gasteiger partial charge is 0.205 e. The normalized spacial score (nSPS) is 13.0. The van der Waals surface area contributed by atoms with Crippen LogP contribution < -0.4 is 4.98 Å². The minimum Gasteiger partial charge on any atom is -0.205 e. The Balaban J connectivity index is 3.30. The van der Waals surface area contributed by atoms with Crippen molar-refractivity contribution in [1.82, 2.24) is 0 Å². The Hall–Kier alpha value is -1.27. The van der Waals surface area contributed by atoms with Crippen LogP contribution in [0.1, 0.15) is 17.0 Å². The van der Waals surface area contributed by atoms with Gasteiger partial charge >= 0.3 is 12.4 Å². The maximum atomic E-state index is 12.2. The quantitative estimate of drug-likeness (QED) is 0.608. The van der Waals surface area contributed by atoms with Gasteiger partial charge in [0.15, 0.2) is 5.69 Å². The van der Waals surface area contributed by atoms with Crippen molar-refractivity contribution < 1.29 is 31.3 Å². The van der Waals surface area contributed by atoms with Crippen LogP contribution in [0.4, 0.5) is 26.3 Å². The molecule has 15 heavy (non-hydrogen) atoms. The summed E-state index contributed by atoms with van der Waals surface area (Å²) in [4.78, 5) is 1.83. The van der Waals surface area contributed by atoms with Crippen molar-refractivity contribution in [2.75, 3.05) is 0 Å². The number of halogens is 6. The first kappa shape index (κ1) is 11.8. The van der Waals surface area contributed by atoms with E-state index in [2.05, 4.69) is 0 Å². The summed E-state index contributed by atoms with van der Waals surface area (Å²) in [5.74, 6) is 0. The number of H-pyrrole nitrogens is 1. The number of hydrogen-bond donors (Lipinski definition) is 0. The second-order valence-electron chi connectivity index (χ2n) is 2.96. The highest BCUT2D eigenvalue weighted by atomic mass is 19.4. The number of pyridine rings is 1. The van der Waals surface area contributed by atoms with Gasteiger partial charge in [-0.25, -0.2) is 4.98 Å². The molecule has 0 aliphatic carbocycles. The molecule has 0 amide bonds. The zero-order chi connectivity index (χ0) is 11.9. The summed E-state index contributed by atoms with van der Waals surface area (Å²) in [6.07, 6.45) is -9.59. The summed E-state index contributed by atoms with van der Waals surface area (Å²) in [7, 11) is 0. The highest BCUT2D eigenvalue weighted by Crippen LogP contribution is 2.33. The molecule has 0 unspecified atom stereocenters. The molecule has 1 rings (SSSR count). The van der Waals surface area contributed by atoms with Gasteiger partial charge in [-0.2, -0.15) is 26.3 Å². The van der Waals surface area contributed by atoms with E-state index >= 15 is 0 Å². The molecule has 0 bridgehead atoms. The third kappa shape index (κ3) is 2.84. The lowest BCUT2D eigenvalue weighted by Crippen LogP contribution is -2.25. The Kier molecular flexibility index (Phi) is 2.67. The first-order valence-electron chi connectivity index (χ1n) is 3.79. The molecule has 0 aliphatic heterocycles. The average molecular weight is 230 g/mol. The molecule has 7 heteroatoms. The molecule has 0 aliphatic rings. The Morgan fingerprint density at radius 1 is 0.933 bits per heavy atom. The molecule has 1 aromatic heterocycles. The monoisotopic (exact) mass is 230 g/mol. The van der Waals surface area contributed by atoms with Crippen LogP contribution in [0, 0.1) is 6.92 Å². The van der Waals surface area contributed by atoms with E-state index in [4.69, 9.17) is 0 Å². The molecular weight excluding hydrogens is 224 g/mol. The SMILES string of the molecule is Cc1cc(C(F)(F)F)cc(C(F)(F)F)[nH+]1. The number of hydrogen-bond acceptors (Lipinski definition) is 0. The van der Waals surface area contributed by atoms with E-state index in [0.717, 1.165) is 6.92 Å². The molecule has 0 fully saturated rings. The van der Waals surface area contributed by atoms with Crippen LogP contribution in [-0.4, -0.2) is 0 Å². The van der Waals surface area contributed by atoms with Gasteiger partial charge in [-0.3, -0.25) is 0 Å². The van der Waals surface area contributed by atoms with Crippen LogP contribution in [0.25, 0.3) is 0 Å². The van der Waals surface area contributed by atoms with Gasteiger partial charge in [0.2, 0.25) is 0 Å². The minimum atomic E-state index is -4.81. The molecule has 84 valence electrons. The second-order valence-corrected chi connectivity index (χ2v) is 2.96. The number of nitrogens with one attached hydrogen (secondary N) is 1. The molecular formula is C8H6F6N+. The lowest BCUT2D eigenvalue weighted by atomic mass is 10.2. The molecule has 0 aromatic carbocycles. The van der Waals surface area contributed by atoms with Crippen LogP contribution in [-0.2, 0) is 12.4 Å². The summed E-state index contributed by atoms with van der Waals surface area (Å²) in [5.41, 5.74) is -2.92. The van der Waals surface area contributed by atoms with E-state index < -0.39 is 23.6 Å². The lowest BCUT2D eigenvalue weighted by molar-refractivity contribution is -0.434. The van der Waals surface area contributed by atoms with E-state index in [-0.39, 0.29) is 11.8 Å². The van der Waals surface area contributed by atoms with Crippen LogP contribution in [0.2, 0.25) is 0 Å². The maximum absolute atomic E-state index is 12.2. The average Bonchev–Trinajstić information content (AvgIpc) is 1.99. The zero-order valence-corrected chi connectivity index (χ0v) is 7.42. The van der Waals surface area contributed by atoms with Gasteiger partial charge in [-0.1, -0.05) is 0 Å². The first-order valence-corrected chi connectivity index (χ1v) is 3.79. The molecule has 0 saturated carbocycles. The number of alkyl halides is 6. The first-order chi connectivity index (χ1) is 6.60. The summed E-state index contributed by atoms with van der Waals surface area (Å²) in [5, 5.41) is 0. The standard InChI is InChI=1S/C8H5F6N/c1-4-2-5(7(9,10)11)3-6(15-4)8(12,13)14/h2-3H,1H3/p+1. The Labute approximate surface area is 80.7 Å². The van der Waals surface area contributed by atoms with Crippen molar-refractivity contribution in [2.24, 2.45) is 0 Å². The van der Waals surface area contributed by atoms with Crippen molar-refractivity contribution in [1.29, 1.82) is 0 Å². The molecule has 1 nitrogen and oxygen atoms in total. The fraction of sp³-hybridized carbons (Fsp3) is 0.375. The highest BCUT2D eigenvalue weighted by molar-refractivity contribution is 5.20. The van der Waals surface area contributed by atoms with Gasteiger partial charge in [0.1, 0.15) is 0 Å². The van der Waals surface area contributed by atoms with Gasteiger partial charge in [0.25, 0.3) is 5.69 Å². The van der Waals surface area contributed by atoms with Crippen LogP contribution in [0.15, 0.2) is 12.1 Å². The minimum absolute atomic E-state index is 0.0486. The lowest BCUT2D eigenvalue weighted by Gasteiger charge is -2.07. The Morgan fingerprint density at radius 2 is 1.47 bits per heavy atom. The van der Waals surface area contributed by atoms with E-state index in [0.29, 0.717) is 6.07 Å². The van der Waals surface area contributed by atoms with E-state index in [1.54, 1.807) is 0 Å². The third-order valence-corrected chi connectivity index (χ3v) is 1.64. The number of aryl methyl sites for hydroxylation is 1. The molecule has 0 spiro atoms. The van der Waals surface area contributed by atoms with Crippen molar-refractivity contribution in [3.05, 3.63) is 29.1 Å². The zero-order valence-electron chi connectivity index (χ0n) is 7.42. The summed E-state index contributed by atoms with van der Waals surface area (Å²) in [6.45, 7) is 1.13. The number of aromatic amines is 1. The third-order valence-electron chi connectivity index (χ3n) is 1.64. The second kappa shape index (κ2) is 3.39. The fourth-order valence-electron chi connectivity index (χ4n) is 1.03. The maximum Gasteiger partial charge on any atom is 0.477 e. The largest absolute Gasteiger partial charge is 0.477 e. The number of aromatic nitrogens is 1.